The maximum absolute atomic E-state index is 13.1. The van der Waals surface area contributed by atoms with Gasteiger partial charge in [-0.2, -0.15) is 0 Å². The second-order valence-electron chi connectivity index (χ2n) is 9.33. The Kier molecular flexibility index (Phi) is 5.52. The summed E-state index contributed by atoms with van der Waals surface area (Å²) in [6, 6.07) is 9.63. The van der Waals surface area contributed by atoms with E-state index < -0.39 is 5.91 Å². The highest BCUT2D eigenvalue weighted by molar-refractivity contribution is 6.02. The first kappa shape index (κ1) is 21.4. The van der Waals surface area contributed by atoms with Gasteiger partial charge in [0.2, 0.25) is 0 Å². The van der Waals surface area contributed by atoms with Gasteiger partial charge in [0.25, 0.3) is 11.8 Å². The lowest BCUT2D eigenvalue weighted by Crippen LogP contribution is -2.50. The number of pyridine rings is 1. The number of hydrogen-bond acceptors (Lipinski definition) is 6. The number of benzene rings is 1. The summed E-state index contributed by atoms with van der Waals surface area (Å²) in [4.78, 5) is 45.4. The van der Waals surface area contributed by atoms with Crippen molar-refractivity contribution in [1.29, 1.82) is 0 Å². The summed E-state index contributed by atoms with van der Waals surface area (Å²) in [7, 11) is 0. The number of hydrogen-bond donors (Lipinski definition) is 2. The van der Waals surface area contributed by atoms with E-state index in [1.165, 1.54) is 0 Å². The molecule has 2 aromatic rings. The van der Waals surface area contributed by atoms with E-state index in [-0.39, 0.29) is 17.7 Å². The fraction of sp³-hybridized carbons (Fsp3) is 0.440. The Labute approximate surface area is 193 Å². The Balaban J connectivity index is 1.27. The average Bonchev–Trinajstić information content (AvgIpc) is 3.02. The Hall–Kier alpha value is -3.42. The number of primary amides is 1. The van der Waals surface area contributed by atoms with E-state index in [0.29, 0.717) is 28.8 Å². The van der Waals surface area contributed by atoms with Crippen molar-refractivity contribution in [3.8, 4) is 0 Å². The number of nitrogens with zero attached hydrogens (tertiary/aromatic N) is 3. The van der Waals surface area contributed by atoms with Crippen molar-refractivity contribution in [2.75, 3.05) is 22.9 Å². The van der Waals surface area contributed by atoms with Crippen LogP contribution in [0.2, 0.25) is 0 Å². The first-order chi connectivity index (χ1) is 15.9. The van der Waals surface area contributed by atoms with Crippen LogP contribution in [0, 0.1) is 0 Å². The third kappa shape index (κ3) is 4.05. The number of aromatic nitrogens is 1. The molecular formula is C25H29N5O3. The Morgan fingerprint density at radius 2 is 1.73 bits per heavy atom. The number of fused-ring (bicyclic) bond motifs is 2. The standard InChI is InChI=1S/C25H29N5O3/c1-15(31)17-4-8-23(27-14-17)30-19-5-6-20(30)13-18(12-19)28-25(33)16-3-7-21(24(26)32)22(11-16)29-9-2-10-29/h3-4,7-8,11,14,18-20H,2,5-6,9-10,12-13H2,1H3,(H2,26,32)(H,28,33)/t18-,19+,20-. The molecule has 3 fully saturated rings. The summed E-state index contributed by atoms with van der Waals surface area (Å²) in [6.45, 7) is 3.28. The van der Waals surface area contributed by atoms with Crippen LogP contribution in [0.4, 0.5) is 11.5 Å². The number of nitrogens with two attached hydrogens (primary N) is 1. The van der Waals surface area contributed by atoms with Gasteiger partial charge < -0.3 is 20.9 Å². The molecule has 0 aliphatic carbocycles. The van der Waals surface area contributed by atoms with E-state index in [1.54, 1.807) is 31.3 Å². The van der Waals surface area contributed by atoms with Gasteiger partial charge >= 0.3 is 0 Å². The quantitative estimate of drug-likeness (QED) is 0.659. The molecule has 1 aromatic carbocycles. The van der Waals surface area contributed by atoms with E-state index in [0.717, 1.165) is 56.7 Å². The Morgan fingerprint density at radius 1 is 1.03 bits per heavy atom. The molecular weight excluding hydrogens is 418 g/mol. The Morgan fingerprint density at radius 3 is 2.27 bits per heavy atom. The number of Topliss-reactive ketones (excluding diaryl/α,β-unsaturated/α-hetero) is 1. The van der Waals surface area contributed by atoms with Crippen molar-refractivity contribution in [3.05, 3.63) is 53.2 Å². The molecule has 0 radical (unpaired) electrons. The van der Waals surface area contributed by atoms with E-state index >= 15 is 0 Å². The number of nitrogens with one attached hydrogen (secondary N) is 1. The Bertz CT molecular complexity index is 1080. The molecule has 5 rings (SSSR count). The molecule has 3 aliphatic heterocycles. The number of piperidine rings is 1. The summed E-state index contributed by atoms with van der Waals surface area (Å²) >= 11 is 0. The lowest BCUT2D eigenvalue weighted by Gasteiger charge is -2.40. The van der Waals surface area contributed by atoms with Gasteiger partial charge in [-0.3, -0.25) is 14.4 Å². The molecule has 3 N–H and O–H groups in total. The highest BCUT2D eigenvalue weighted by Crippen LogP contribution is 2.38. The van der Waals surface area contributed by atoms with Crippen LogP contribution < -0.4 is 20.9 Å². The minimum atomic E-state index is -0.474. The lowest BCUT2D eigenvalue weighted by molar-refractivity contribution is 0.0924. The number of amides is 2. The lowest BCUT2D eigenvalue weighted by atomic mass is 9.96. The number of carbonyl (C=O) groups is 3. The monoisotopic (exact) mass is 447 g/mol. The number of rotatable bonds is 6. The molecule has 1 aromatic heterocycles. The van der Waals surface area contributed by atoms with E-state index in [9.17, 15) is 14.4 Å². The molecule has 2 bridgehead atoms. The zero-order chi connectivity index (χ0) is 23.1. The maximum Gasteiger partial charge on any atom is 0.251 e. The molecule has 33 heavy (non-hydrogen) atoms. The van der Waals surface area contributed by atoms with Crippen LogP contribution in [0.3, 0.4) is 0 Å². The smallest absolute Gasteiger partial charge is 0.251 e. The second kappa shape index (κ2) is 8.50. The number of carbonyl (C=O) groups excluding carboxylic acids is 3. The van der Waals surface area contributed by atoms with Crippen LogP contribution in [0.25, 0.3) is 0 Å². The minimum Gasteiger partial charge on any atom is -0.371 e. The number of anilines is 2. The predicted molar refractivity (Wildman–Crippen MR) is 126 cm³/mol. The third-order valence-corrected chi connectivity index (χ3v) is 7.21. The average molecular weight is 448 g/mol. The highest BCUT2D eigenvalue weighted by atomic mass is 16.2. The van der Waals surface area contributed by atoms with E-state index in [2.05, 4.69) is 20.1 Å². The first-order valence-electron chi connectivity index (χ1n) is 11.7. The van der Waals surface area contributed by atoms with Crippen molar-refractivity contribution in [1.82, 2.24) is 10.3 Å². The van der Waals surface area contributed by atoms with Gasteiger partial charge in [0.05, 0.1) is 11.3 Å². The normalized spacial score (nSPS) is 23.7. The first-order valence-corrected chi connectivity index (χ1v) is 11.7. The van der Waals surface area contributed by atoms with Crippen molar-refractivity contribution >= 4 is 29.1 Å². The summed E-state index contributed by atoms with van der Waals surface area (Å²) in [5.41, 5.74) is 7.91. The zero-order valence-corrected chi connectivity index (χ0v) is 18.8. The van der Waals surface area contributed by atoms with Crippen LogP contribution >= 0.6 is 0 Å². The molecule has 4 heterocycles. The molecule has 0 spiro atoms. The molecule has 8 heteroatoms. The van der Waals surface area contributed by atoms with Crippen LogP contribution in [0.15, 0.2) is 36.5 Å². The molecule has 0 unspecified atom stereocenters. The van der Waals surface area contributed by atoms with E-state index in [4.69, 9.17) is 5.73 Å². The SMILES string of the molecule is CC(=O)c1ccc(N2[C@@H]3CC[C@H]2C[C@@H](NC(=O)c2ccc(C(N)=O)c(N4CCC4)c2)C3)nc1. The minimum absolute atomic E-state index is 0.0135. The highest BCUT2D eigenvalue weighted by Gasteiger charge is 2.41. The zero-order valence-electron chi connectivity index (χ0n) is 18.8. The molecule has 172 valence electrons. The second-order valence-corrected chi connectivity index (χ2v) is 9.33. The third-order valence-electron chi connectivity index (χ3n) is 7.21. The van der Waals surface area contributed by atoms with Gasteiger partial charge in [-0.1, -0.05) is 0 Å². The molecule has 3 saturated heterocycles. The van der Waals surface area contributed by atoms with Gasteiger partial charge in [0, 0.05) is 48.5 Å². The molecule has 8 nitrogen and oxygen atoms in total. The molecule has 2 amide bonds. The predicted octanol–water partition coefficient (Wildman–Crippen LogP) is 2.52. The summed E-state index contributed by atoms with van der Waals surface area (Å²) < 4.78 is 0. The number of ketones is 1. The van der Waals surface area contributed by atoms with Gasteiger partial charge in [0.1, 0.15) is 5.82 Å². The van der Waals surface area contributed by atoms with Crippen molar-refractivity contribution in [2.45, 2.75) is 57.2 Å². The van der Waals surface area contributed by atoms with Crippen LogP contribution in [0.1, 0.15) is 70.1 Å². The van der Waals surface area contributed by atoms with Crippen molar-refractivity contribution in [2.24, 2.45) is 5.73 Å². The van der Waals surface area contributed by atoms with Crippen LogP contribution in [-0.2, 0) is 0 Å². The maximum atomic E-state index is 13.1. The van der Waals surface area contributed by atoms with Crippen LogP contribution in [-0.4, -0.2) is 53.8 Å². The summed E-state index contributed by atoms with van der Waals surface area (Å²) in [5, 5.41) is 3.22. The van der Waals surface area contributed by atoms with Gasteiger partial charge in [0.15, 0.2) is 5.78 Å². The topological polar surface area (TPSA) is 109 Å². The molecule has 3 atom stereocenters. The fourth-order valence-corrected chi connectivity index (χ4v) is 5.38. The van der Waals surface area contributed by atoms with Gasteiger partial charge in [-0.05, 0) is 69.4 Å². The van der Waals surface area contributed by atoms with Crippen molar-refractivity contribution < 1.29 is 14.4 Å². The largest absolute Gasteiger partial charge is 0.371 e. The molecule has 3 aliphatic rings. The van der Waals surface area contributed by atoms with Gasteiger partial charge in [-0.25, -0.2) is 4.98 Å². The van der Waals surface area contributed by atoms with Crippen molar-refractivity contribution in [3.63, 3.8) is 0 Å². The fourth-order valence-electron chi connectivity index (χ4n) is 5.38. The molecule has 0 saturated carbocycles. The summed E-state index contributed by atoms with van der Waals surface area (Å²) in [5.74, 6) is 0.324. The van der Waals surface area contributed by atoms with Crippen LogP contribution in [0.5, 0.6) is 0 Å². The van der Waals surface area contributed by atoms with E-state index in [1.807, 2.05) is 12.1 Å². The van der Waals surface area contributed by atoms with Gasteiger partial charge in [-0.15, -0.1) is 0 Å². The summed E-state index contributed by atoms with van der Waals surface area (Å²) in [6.07, 6.45) is 6.57.